The van der Waals surface area contributed by atoms with Gasteiger partial charge in [0, 0.05) is 12.1 Å². The van der Waals surface area contributed by atoms with E-state index < -0.39 is 0 Å². The van der Waals surface area contributed by atoms with Crippen molar-refractivity contribution >= 4 is 38.9 Å². The third kappa shape index (κ3) is 2.42. The van der Waals surface area contributed by atoms with Gasteiger partial charge in [0.2, 0.25) is 0 Å². The number of carbonyl (C=O) groups is 1. The predicted molar refractivity (Wildman–Crippen MR) is 61.8 cm³/mol. The molecule has 1 nitrogen and oxygen atoms in total. The fraction of sp³-hybridized carbons (Fsp3) is 0.833. The van der Waals surface area contributed by atoms with E-state index in [9.17, 15) is 4.79 Å². The molecule has 1 saturated carbocycles. The molecule has 1 aliphatic carbocycles. The number of hydrogen-bond donors (Lipinski definition) is 0. The van der Waals surface area contributed by atoms with E-state index in [1.54, 1.807) is 0 Å². The molecule has 0 spiro atoms. The molecule has 0 aromatic heterocycles. The molecule has 11 heavy (non-hydrogen) atoms. The lowest BCUT2D eigenvalue weighted by atomic mass is 10.1. The van der Waals surface area contributed by atoms with E-state index in [2.05, 4.69) is 24.8 Å². The Morgan fingerprint density at radius 2 is 2.36 bits per heavy atom. The summed E-state index contributed by atoms with van der Waals surface area (Å²) < 4.78 is 0. The minimum Gasteiger partial charge on any atom is -0.299 e. The first-order valence-electron chi connectivity index (χ1n) is 3.69. The van der Waals surface area contributed by atoms with Crippen LogP contribution in [0.3, 0.4) is 0 Å². The second-order valence-corrected chi connectivity index (χ2v) is 12.5. The summed E-state index contributed by atoms with van der Waals surface area (Å²) in [5.41, 5.74) is 0.394. The molecule has 1 fully saturated rings. The van der Waals surface area contributed by atoms with E-state index in [0.717, 1.165) is 20.8 Å². The summed E-state index contributed by atoms with van der Waals surface area (Å²) in [6.45, 7) is 2.21. The van der Waals surface area contributed by atoms with Gasteiger partial charge < -0.3 is 0 Å². The summed E-state index contributed by atoms with van der Waals surface area (Å²) in [7, 11) is 6.39. The minimum absolute atomic E-state index is 0.100. The fourth-order valence-electron chi connectivity index (χ4n) is 1.50. The van der Waals surface area contributed by atoms with Gasteiger partial charge in [-0.25, -0.2) is 0 Å². The lowest BCUT2D eigenvalue weighted by Crippen LogP contribution is -2.13. The summed E-state index contributed by atoms with van der Waals surface area (Å²) in [4.78, 5) is 11.4. The summed E-state index contributed by atoms with van der Waals surface area (Å²) in [5.74, 6) is 1.15. The molecule has 0 radical (unpaired) electrons. The molecule has 0 bridgehead atoms. The minimum atomic E-state index is -0.100. The van der Waals surface area contributed by atoms with Crippen LogP contribution in [0.5, 0.6) is 0 Å². The van der Waals surface area contributed by atoms with Crippen molar-refractivity contribution < 1.29 is 4.79 Å². The maximum Gasteiger partial charge on any atom is 0.141 e. The smallest absolute Gasteiger partial charge is 0.141 e. The highest BCUT2D eigenvalue weighted by Gasteiger charge is 2.34. The third-order valence-electron chi connectivity index (χ3n) is 2.16. The Bertz CT molecular complexity index is 161. The molecule has 0 aromatic carbocycles. The first-order valence-corrected chi connectivity index (χ1v) is 10.4. The van der Waals surface area contributed by atoms with Crippen LogP contribution in [0.15, 0.2) is 0 Å². The molecule has 0 N–H and O–H groups in total. The first kappa shape index (κ1) is 10.5. The molecule has 5 heteroatoms. The Hall–Kier alpha value is 1.39. The van der Waals surface area contributed by atoms with Gasteiger partial charge in [-0.1, -0.05) is 22.2 Å². The first-order chi connectivity index (χ1) is 5.16. The maximum absolute atomic E-state index is 11.4. The summed E-state index contributed by atoms with van der Waals surface area (Å²) in [6, 6.07) is 0. The van der Waals surface area contributed by atoms with Gasteiger partial charge in [0.05, 0.1) is 0 Å². The van der Waals surface area contributed by atoms with Crippen LogP contribution in [0, 0.1) is 5.92 Å². The van der Waals surface area contributed by atoms with Gasteiger partial charge in [-0.3, -0.25) is 4.79 Å². The summed E-state index contributed by atoms with van der Waals surface area (Å²) in [6.07, 6.45) is 1.94. The van der Waals surface area contributed by atoms with Crippen LogP contribution < -0.4 is 0 Å². The topological polar surface area (TPSA) is 17.1 Å². The van der Waals surface area contributed by atoms with Crippen LogP contribution in [0.4, 0.5) is 0 Å². The van der Waals surface area contributed by atoms with Crippen molar-refractivity contribution in [3.8, 4) is 0 Å². The summed E-state index contributed by atoms with van der Waals surface area (Å²) >= 11 is 0. The highest BCUT2D eigenvalue weighted by atomic mass is 32.6. The van der Waals surface area contributed by atoms with Crippen molar-refractivity contribution in [2.45, 2.75) is 25.4 Å². The molecular weight excluding hydrogens is 212 g/mol. The van der Waals surface area contributed by atoms with E-state index in [-0.39, 0.29) is 7.30 Å². The van der Waals surface area contributed by atoms with Gasteiger partial charge in [-0.2, -0.15) is 0 Å². The van der Waals surface area contributed by atoms with Crippen molar-refractivity contribution in [2.24, 2.45) is 5.92 Å². The molecule has 1 aliphatic rings. The van der Waals surface area contributed by atoms with Gasteiger partial charge in [0.1, 0.15) is 5.78 Å². The monoisotopic (exact) mass is 226 g/mol. The normalized spacial score (nSPS) is 35.4. The molecule has 6 atom stereocenters. The molecule has 64 valence electrons. The van der Waals surface area contributed by atoms with Crippen LogP contribution in [-0.4, -0.2) is 11.4 Å². The second kappa shape index (κ2) is 4.58. The molecular formula is C6H14OP4. The Kier molecular flexibility index (Phi) is 4.36. The van der Waals surface area contributed by atoms with Crippen molar-refractivity contribution in [2.75, 3.05) is 0 Å². The van der Waals surface area contributed by atoms with Crippen molar-refractivity contribution in [3.05, 3.63) is 0 Å². The Balaban J connectivity index is 2.60. The molecule has 4 unspecified atom stereocenters. The van der Waals surface area contributed by atoms with Crippen molar-refractivity contribution in [1.82, 2.24) is 0 Å². The lowest BCUT2D eigenvalue weighted by molar-refractivity contribution is -0.117. The third-order valence-corrected chi connectivity index (χ3v) is 13.3. The maximum atomic E-state index is 11.4. The zero-order valence-electron chi connectivity index (χ0n) is 6.58. The summed E-state index contributed by atoms with van der Waals surface area (Å²) in [5, 5.41) is 0. The molecule has 0 saturated heterocycles. The van der Waals surface area contributed by atoms with Gasteiger partial charge in [0.25, 0.3) is 0 Å². The Labute approximate surface area is 75.5 Å². The average Bonchev–Trinajstić information content (AvgIpc) is 2.30. The SMILES string of the molecule is C[C@H]1CCC(=O)[C@@H]1P(P)PP. The van der Waals surface area contributed by atoms with Crippen molar-refractivity contribution in [1.29, 1.82) is 0 Å². The standard InChI is InChI=1S/C6H14OP4/c1-4-2-3-5(7)6(4)11(9)10-8/h4,6,10H,2-3,8-9H2,1H3/t4-,6+,11?/m0/s1. The number of hydrogen-bond acceptors (Lipinski definition) is 1. The predicted octanol–water partition coefficient (Wildman–Crippen LogP) is 3.01. The van der Waals surface area contributed by atoms with E-state index in [1.807, 2.05) is 0 Å². The van der Waals surface area contributed by atoms with Crippen LogP contribution in [0.2, 0.25) is 0 Å². The van der Waals surface area contributed by atoms with Gasteiger partial charge in [-0.05, 0) is 12.3 Å². The number of rotatable bonds is 2. The average molecular weight is 226 g/mol. The molecule has 0 amide bonds. The van der Waals surface area contributed by atoms with Crippen LogP contribution in [0.25, 0.3) is 0 Å². The van der Waals surface area contributed by atoms with Crippen molar-refractivity contribution in [3.63, 3.8) is 0 Å². The quantitative estimate of drug-likeness (QED) is 0.661. The Morgan fingerprint density at radius 1 is 1.73 bits per heavy atom. The highest BCUT2D eigenvalue weighted by Crippen LogP contribution is 2.71. The fourth-order valence-corrected chi connectivity index (χ4v) is 7.30. The number of ketones is 1. The second-order valence-electron chi connectivity index (χ2n) is 2.96. The van der Waals surface area contributed by atoms with Crippen LogP contribution in [0.1, 0.15) is 19.8 Å². The molecule has 0 aliphatic heterocycles. The van der Waals surface area contributed by atoms with Crippen LogP contribution >= 0.6 is 33.1 Å². The van der Waals surface area contributed by atoms with E-state index in [4.69, 9.17) is 0 Å². The molecule has 1 rings (SSSR count). The van der Waals surface area contributed by atoms with Gasteiger partial charge >= 0.3 is 0 Å². The van der Waals surface area contributed by atoms with E-state index in [0.29, 0.717) is 17.4 Å². The number of Topliss-reactive ketones (excluding diaryl/α,β-unsaturated/α-hetero) is 1. The van der Waals surface area contributed by atoms with E-state index >= 15 is 0 Å². The molecule has 0 heterocycles. The highest BCUT2D eigenvalue weighted by molar-refractivity contribution is 8.61. The van der Waals surface area contributed by atoms with Gasteiger partial charge in [-0.15, -0.1) is 17.9 Å². The van der Waals surface area contributed by atoms with E-state index in [1.165, 1.54) is 0 Å². The van der Waals surface area contributed by atoms with Crippen LogP contribution in [-0.2, 0) is 4.79 Å². The van der Waals surface area contributed by atoms with Gasteiger partial charge in [0.15, 0.2) is 0 Å². The largest absolute Gasteiger partial charge is 0.299 e. The lowest BCUT2D eigenvalue weighted by Gasteiger charge is -2.20. The number of carbonyl (C=O) groups excluding carboxylic acids is 1. The molecule has 0 aromatic rings. The zero-order chi connectivity index (χ0) is 8.43. The Morgan fingerprint density at radius 3 is 2.73 bits per heavy atom. The zero-order valence-corrected chi connectivity index (χ0v) is 10.8.